The van der Waals surface area contributed by atoms with E-state index >= 15 is 0 Å². The molecular weight excluding hydrogens is 292 g/mol. The predicted octanol–water partition coefficient (Wildman–Crippen LogP) is 3.76. The van der Waals surface area contributed by atoms with Crippen molar-refractivity contribution in [3.8, 4) is 0 Å². The summed E-state index contributed by atoms with van der Waals surface area (Å²) in [5.74, 6) is -4.41. The zero-order valence-electron chi connectivity index (χ0n) is 10.4. The molecule has 2 aromatic carbocycles. The van der Waals surface area contributed by atoms with Gasteiger partial charge in [-0.25, -0.2) is 17.6 Å². The zero-order chi connectivity index (χ0) is 15.6. The molecule has 4 nitrogen and oxygen atoms in total. The fourth-order valence-corrected chi connectivity index (χ4v) is 1.71. The summed E-state index contributed by atoms with van der Waals surface area (Å²) >= 11 is 0. The summed E-state index contributed by atoms with van der Waals surface area (Å²) in [6.07, 6.45) is 0. The van der Waals surface area contributed by atoms with E-state index in [1.165, 1.54) is 0 Å². The number of anilines is 1. The Balaban J connectivity index is 2.31. The van der Waals surface area contributed by atoms with Crippen LogP contribution in [-0.2, 0) is 6.54 Å². The quantitative estimate of drug-likeness (QED) is 0.531. The minimum atomic E-state index is -1.44. The van der Waals surface area contributed by atoms with Gasteiger partial charge in [-0.1, -0.05) is 6.07 Å². The highest BCUT2D eigenvalue weighted by Crippen LogP contribution is 2.29. The van der Waals surface area contributed by atoms with Crippen molar-refractivity contribution in [2.45, 2.75) is 6.54 Å². The van der Waals surface area contributed by atoms with Crippen LogP contribution in [0.1, 0.15) is 5.56 Å². The fourth-order valence-electron chi connectivity index (χ4n) is 1.71. The van der Waals surface area contributed by atoms with Gasteiger partial charge < -0.3 is 5.32 Å². The van der Waals surface area contributed by atoms with Crippen molar-refractivity contribution < 1.29 is 22.5 Å². The Morgan fingerprint density at radius 2 is 1.76 bits per heavy atom. The summed E-state index contributed by atoms with van der Waals surface area (Å²) in [5.41, 5.74) is -1.42. The van der Waals surface area contributed by atoms with E-state index < -0.39 is 39.6 Å². The van der Waals surface area contributed by atoms with Crippen molar-refractivity contribution in [2.75, 3.05) is 5.32 Å². The third kappa shape index (κ3) is 3.10. The zero-order valence-corrected chi connectivity index (χ0v) is 10.4. The first-order chi connectivity index (χ1) is 9.90. The molecule has 0 saturated carbocycles. The van der Waals surface area contributed by atoms with Gasteiger partial charge in [0.2, 0.25) is 0 Å². The third-order valence-electron chi connectivity index (χ3n) is 2.74. The summed E-state index contributed by atoms with van der Waals surface area (Å²) < 4.78 is 52.9. The molecule has 21 heavy (non-hydrogen) atoms. The monoisotopic (exact) mass is 300 g/mol. The first-order valence-electron chi connectivity index (χ1n) is 5.70. The number of nitrogens with one attached hydrogen (secondary N) is 1. The van der Waals surface area contributed by atoms with Crippen molar-refractivity contribution in [3.63, 3.8) is 0 Å². The van der Waals surface area contributed by atoms with Gasteiger partial charge in [0.05, 0.1) is 4.92 Å². The van der Waals surface area contributed by atoms with Crippen LogP contribution in [-0.4, -0.2) is 4.92 Å². The van der Waals surface area contributed by atoms with Crippen molar-refractivity contribution in [2.24, 2.45) is 0 Å². The summed E-state index contributed by atoms with van der Waals surface area (Å²) in [6.45, 7) is -0.368. The molecule has 0 saturated heterocycles. The second kappa shape index (κ2) is 5.78. The molecule has 0 aliphatic rings. The average molecular weight is 300 g/mol. The fraction of sp³-hybridized carbons (Fsp3) is 0.0769. The molecule has 1 N–H and O–H groups in total. The molecule has 2 aromatic rings. The van der Waals surface area contributed by atoms with Gasteiger partial charge in [0.1, 0.15) is 11.6 Å². The smallest absolute Gasteiger partial charge is 0.295 e. The Morgan fingerprint density at radius 3 is 2.38 bits per heavy atom. The number of nitro groups is 1. The molecule has 0 amide bonds. The lowest BCUT2D eigenvalue weighted by molar-refractivity contribution is -0.384. The van der Waals surface area contributed by atoms with Crippen molar-refractivity contribution in [3.05, 3.63) is 69.3 Å². The molecule has 8 heteroatoms. The van der Waals surface area contributed by atoms with Crippen LogP contribution in [0.15, 0.2) is 30.3 Å². The largest absolute Gasteiger partial charge is 0.373 e. The second-order valence-corrected chi connectivity index (χ2v) is 4.10. The van der Waals surface area contributed by atoms with Crippen LogP contribution >= 0.6 is 0 Å². The Hall–Kier alpha value is -2.64. The van der Waals surface area contributed by atoms with Gasteiger partial charge in [0, 0.05) is 24.2 Å². The molecule has 0 spiro atoms. The number of hydrogen-bond donors (Lipinski definition) is 1. The van der Waals surface area contributed by atoms with E-state index in [-0.39, 0.29) is 12.1 Å². The Kier molecular flexibility index (Phi) is 4.06. The molecule has 0 aliphatic carbocycles. The SMILES string of the molecule is O=[N+]([O-])c1ccc(F)c(F)c1NCc1ccc(F)cc1F. The summed E-state index contributed by atoms with van der Waals surface area (Å²) in [4.78, 5) is 9.86. The first-order valence-corrected chi connectivity index (χ1v) is 5.70. The van der Waals surface area contributed by atoms with E-state index in [1.54, 1.807) is 0 Å². The average Bonchev–Trinajstić information content (AvgIpc) is 2.41. The number of rotatable bonds is 4. The second-order valence-electron chi connectivity index (χ2n) is 4.10. The van der Waals surface area contributed by atoms with E-state index in [0.29, 0.717) is 12.1 Å². The number of nitro benzene ring substituents is 1. The van der Waals surface area contributed by atoms with Gasteiger partial charge in [0.25, 0.3) is 5.69 Å². The van der Waals surface area contributed by atoms with Crippen molar-refractivity contribution >= 4 is 11.4 Å². The minimum absolute atomic E-state index is 0.0469. The van der Waals surface area contributed by atoms with Gasteiger partial charge in [0.15, 0.2) is 17.3 Å². The number of hydrogen-bond acceptors (Lipinski definition) is 3. The lowest BCUT2D eigenvalue weighted by Gasteiger charge is -2.09. The van der Waals surface area contributed by atoms with Crippen LogP contribution in [0.5, 0.6) is 0 Å². The van der Waals surface area contributed by atoms with Gasteiger partial charge in [-0.2, -0.15) is 0 Å². The highest BCUT2D eigenvalue weighted by atomic mass is 19.2. The van der Waals surface area contributed by atoms with Crippen LogP contribution in [0.25, 0.3) is 0 Å². The van der Waals surface area contributed by atoms with Crippen LogP contribution in [0.4, 0.5) is 28.9 Å². The molecule has 0 bridgehead atoms. The first kappa shape index (κ1) is 14.8. The Morgan fingerprint density at radius 1 is 1.05 bits per heavy atom. The summed E-state index contributed by atoms with van der Waals surface area (Å²) in [6, 6.07) is 4.11. The number of halogens is 4. The molecule has 0 fully saturated rings. The third-order valence-corrected chi connectivity index (χ3v) is 2.74. The molecule has 0 atom stereocenters. The molecular formula is C13H8F4N2O2. The van der Waals surface area contributed by atoms with E-state index in [1.807, 2.05) is 0 Å². The molecule has 0 heterocycles. The Bertz CT molecular complexity index is 707. The van der Waals surface area contributed by atoms with E-state index in [0.717, 1.165) is 18.2 Å². The summed E-state index contributed by atoms with van der Waals surface area (Å²) in [5, 5.41) is 13.0. The van der Waals surface area contributed by atoms with Crippen LogP contribution < -0.4 is 5.32 Å². The van der Waals surface area contributed by atoms with Gasteiger partial charge in [-0.05, 0) is 12.1 Å². The molecule has 0 unspecified atom stereocenters. The number of benzene rings is 2. The van der Waals surface area contributed by atoms with E-state index in [9.17, 15) is 27.7 Å². The topological polar surface area (TPSA) is 55.2 Å². The highest BCUT2D eigenvalue weighted by Gasteiger charge is 2.21. The van der Waals surface area contributed by atoms with E-state index in [4.69, 9.17) is 0 Å². The van der Waals surface area contributed by atoms with Crippen LogP contribution in [0.3, 0.4) is 0 Å². The van der Waals surface area contributed by atoms with Gasteiger partial charge in [-0.15, -0.1) is 0 Å². The summed E-state index contributed by atoms with van der Waals surface area (Å²) in [7, 11) is 0. The highest BCUT2D eigenvalue weighted by molar-refractivity contribution is 5.62. The minimum Gasteiger partial charge on any atom is -0.373 e. The molecule has 0 aromatic heterocycles. The molecule has 2 rings (SSSR count). The van der Waals surface area contributed by atoms with Crippen LogP contribution in [0.2, 0.25) is 0 Å². The molecule has 0 radical (unpaired) electrons. The molecule has 0 aliphatic heterocycles. The molecule has 110 valence electrons. The lowest BCUT2D eigenvalue weighted by atomic mass is 10.2. The maximum Gasteiger partial charge on any atom is 0.295 e. The normalized spacial score (nSPS) is 10.5. The van der Waals surface area contributed by atoms with Gasteiger partial charge >= 0.3 is 0 Å². The number of nitrogens with zero attached hydrogens (tertiary/aromatic N) is 1. The Labute approximate surface area is 116 Å². The maximum absolute atomic E-state index is 13.6. The predicted molar refractivity (Wildman–Crippen MR) is 66.7 cm³/mol. The standard InChI is InChI=1S/C13H8F4N2O2/c14-8-2-1-7(10(16)5-8)6-18-13-11(19(20)21)4-3-9(15)12(13)17/h1-5,18H,6H2. The maximum atomic E-state index is 13.6. The van der Waals surface area contributed by atoms with Crippen molar-refractivity contribution in [1.29, 1.82) is 0 Å². The lowest BCUT2D eigenvalue weighted by Crippen LogP contribution is -2.07. The van der Waals surface area contributed by atoms with Crippen LogP contribution in [0, 0.1) is 33.4 Å². The van der Waals surface area contributed by atoms with E-state index in [2.05, 4.69) is 5.32 Å². The van der Waals surface area contributed by atoms with Crippen molar-refractivity contribution in [1.82, 2.24) is 0 Å². The van der Waals surface area contributed by atoms with Gasteiger partial charge in [-0.3, -0.25) is 10.1 Å².